The number of carbonyl (C=O) groups is 1. The van der Waals surface area contributed by atoms with Crippen molar-refractivity contribution in [3.8, 4) is 0 Å². The zero-order valence-corrected chi connectivity index (χ0v) is 10.1. The third kappa shape index (κ3) is 3.00. The first kappa shape index (κ1) is 13.6. The van der Waals surface area contributed by atoms with Crippen LogP contribution in [0.4, 0.5) is 8.78 Å². The summed E-state index contributed by atoms with van der Waals surface area (Å²) in [5.41, 5.74) is 6.01. The Morgan fingerprint density at radius 3 is 2.35 bits per heavy atom. The molecule has 17 heavy (non-hydrogen) atoms. The Morgan fingerprint density at radius 2 is 1.88 bits per heavy atom. The standard InChI is InChI=1S/C12H16F2N2O/c1-7(15)12(17)16(3)8(2)9-4-5-10(13)11(14)6-9/h4-8H,15H2,1-3H3. The van der Waals surface area contributed by atoms with E-state index in [0.717, 1.165) is 12.1 Å². The van der Waals surface area contributed by atoms with Crippen molar-refractivity contribution in [3.05, 3.63) is 35.4 Å². The van der Waals surface area contributed by atoms with E-state index in [-0.39, 0.29) is 11.9 Å². The van der Waals surface area contributed by atoms with Gasteiger partial charge in [-0.2, -0.15) is 0 Å². The molecule has 2 unspecified atom stereocenters. The highest BCUT2D eigenvalue weighted by molar-refractivity contribution is 5.81. The van der Waals surface area contributed by atoms with E-state index in [4.69, 9.17) is 5.73 Å². The minimum Gasteiger partial charge on any atom is -0.338 e. The molecule has 0 fully saturated rings. The molecule has 5 heteroatoms. The van der Waals surface area contributed by atoms with Gasteiger partial charge in [0.05, 0.1) is 12.1 Å². The van der Waals surface area contributed by atoms with Crippen LogP contribution >= 0.6 is 0 Å². The Kier molecular flexibility index (Phi) is 4.17. The topological polar surface area (TPSA) is 46.3 Å². The van der Waals surface area contributed by atoms with E-state index in [1.54, 1.807) is 20.9 Å². The number of nitrogens with zero attached hydrogens (tertiary/aromatic N) is 1. The molecule has 0 spiro atoms. The molecule has 3 nitrogen and oxygen atoms in total. The Morgan fingerprint density at radius 1 is 1.29 bits per heavy atom. The molecule has 0 aliphatic heterocycles. The van der Waals surface area contributed by atoms with Crippen LogP contribution in [-0.4, -0.2) is 23.9 Å². The second kappa shape index (κ2) is 5.23. The molecule has 1 amide bonds. The maximum Gasteiger partial charge on any atom is 0.239 e. The normalized spacial score (nSPS) is 14.2. The van der Waals surface area contributed by atoms with Gasteiger partial charge in [-0.25, -0.2) is 8.78 Å². The number of hydrogen-bond acceptors (Lipinski definition) is 2. The lowest BCUT2D eigenvalue weighted by atomic mass is 10.1. The van der Waals surface area contributed by atoms with Crippen LogP contribution in [0.2, 0.25) is 0 Å². The monoisotopic (exact) mass is 242 g/mol. The lowest BCUT2D eigenvalue weighted by Gasteiger charge is -2.26. The summed E-state index contributed by atoms with van der Waals surface area (Å²) in [5, 5.41) is 0. The molecule has 94 valence electrons. The Bertz CT molecular complexity index is 421. The smallest absolute Gasteiger partial charge is 0.239 e. The van der Waals surface area contributed by atoms with Crippen LogP contribution < -0.4 is 5.73 Å². The molecule has 0 saturated heterocycles. The molecule has 0 saturated carbocycles. The van der Waals surface area contributed by atoms with E-state index in [0.29, 0.717) is 5.56 Å². The van der Waals surface area contributed by atoms with Gasteiger partial charge in [-0.15, -0.1) is 0 Å². The summed E-state index contributed by atoms with van der Waals surface area (Å²) < 4.78 is 25.8. The fourth-order valence-electron chi connectivity index (χ4n) is 1.51. The maximum atomic E-state index is 13.1. The number of nitrogens with two attached hydrogens (primary N) is 1. The molecule has 2 N–H and O–H groups in total. The highest BCUT2D eigenvalue weighted by atomic mass is 19.2. The van der Waals surface area contributed by atoms with Crippen LogP contribution in [0.15, 0.2) is 18.2 Å². The van der Waals surface area contributed by atoms with Crippen LogP contribution in [-0.2, 0) is 4.79 Å². The summed E-state index contributed by atoms with van der Waals surface area (Å²) in [4.78, 5) is 13.1. The largest absolute Gasteiger partial charge is 0.338 e. The van der Waals surface area contributed by atoms with Crippen LogP contribution in [0.1, 0.15) is 25.5 Å². The molecular formula is C12H16F2N2O. The van der Waals surface area contributed by atoms with Gasteiger partial charge in [0, 0.05) is 7.05 Å². The van der Waals surface area contributed by atoms with E-state index < -0.39 is 17.7 Å². The maximum absolute atomic E-state index is 13.1. The summed E-state index contributed by atoms with van der Waals surface area (Å²) in [7, 11) is 1.58. The SMILES string of the molecule is CC(N)C(=O)N(C)C(C)c1ccc(F)c(F)c1. The molecule has 1 aromatic rings. The zero-order chi connectivity index (χ0) is 13.2. The lowest BCUT2D eigenvalue weighted by molar-refractivity contribution is -0.132. The molecule has 0 radical (unpaired) electrons. The van der Waals surface area contributed by atoms with Crippen molar-refractivity contribution in [3.63, 3.8) is 0 Å². The average molecular weight is 242 g/mol. The van der Waals surface area contributed by atoms with Crippen molar-refractivity contribution in [2.24, 2.45) is 5.73 Å². The van der Waals surface area contributed by atoms with Gasteiger partial charge in [-0.1, -0.05) is 6.07 Å². The number of amides is 1. The van der Waals surface area contributed by atoms with Gasteiger partial charge in [0.1, 0.15) is 0 Å². The first-order valence-electron chi connectivity index (χ1n) is 5.31. The summed E-state index contributed by atoms with van der Waals surface area (Å²) in [5.74, 6) is -2.07. The summed E-state index contributed by atoms with van der Waals surface area (Å²) >= 11 is 0. The fourth-order valence-corrected chi connectivity index (χ4v) is 1.51. The molecule has 0 bridgehead atoms. The first-order valence-corrected chi connectivity index (χ1v) is 5.31. The predicted octanol–water partition coefficient (Wildman–Crippen LogP) is 1.83. The number of hydrogen-bond donors (Lipinski definition) is 1. The van der Waals surface area contributed by atoms with Crippen molar-refractivity contribution in [2.75, 3.05) is 7.05 Å². The van der Waals surface area contributed by atoms with Crippen molar-refractivity contribution in [1.82, 2.24) is 4.90 Å². The number of carbonyl (C=O) groups excluding carboxylic acids is 1. The Hall–Kier alpha value is -1.49. The quantitative estimate of drug-likeness (QED) is 0.879. The fraction of sp³-hybridized carbons (Fsp3) is 0.417. The van der Waals surface area contributed by atoms with Gasteiger partial charge < -0.3 is 10.6 Å². The van der Waals surface area contributed by atoms with Crippen LogP contribution in [0.25, 0.3) is 0 Å². The molecule has 1 aromatic carbocycles. The number of likely N-dealkylation sites (N-methyl/N-ethyl adjacent to an activating group) is 1. The third-order valence-electron chi connectivity index (χ3n) is 2.74. The second-order valence-corrected chi connectivity index (χ2v) is 4.09. The lowest BCUT2D eigenvalue weighted by Crippen LogP contribution is -2.40. The highest BCUT2D eigenvalue weighted by Crippen LogP contribution is 2.21. The van der Waals surface area contributed by atoms with Gasteiger partial charge in [-0.05, 0) is 31.5 Å². The van der Waals surface area contributed by atoms with E-state index in [1.165, 1.54) is 11.0 Å². The van der Waals surface area contributed by atoms with E-state index in [1.807, 2.05) is 0 Å². The second-order valence-electron chi connectivity index (χ2n) is 4.09. The van der Waals surface area contributed by atoms with Gasteiger partial charge in [0.2, 0.25) is 5.91 Å². The van der Waals surface area contributed by atoms with Gasteiger partial charge in [-0.3, -0.25) is 4.79 Å². The van der Waals surface area contributed by atoms with Gasteiger partial charge >= 0.3 is 0 Å². The van der Waals surface area contributed by atoms with Crippen molar-refractivity contribution in [2.45, 2.75) is 25.9 Å². The predicted molar refractivity (Wildman–Crippen MR) is 61.2 cm³/mol. The Balaban J connectivity index is 2.92. The third-order valence-corrected chi connectivity index (χ3v) is 2.74. The molecular weight excluding hydrogens is 226 g/mol. The van der Waals surface area contributed by atoms with E-state index in [2.05, 4.69) is 0 Å². The minimum absolute atomic E-state index is 0.248. The number of rotatable bonds is 3. The molecule has 0 aliphatic rings. The molecule has 2 atom stereocenters. The van der Waals surface area contributed by atoms with Gasteiger partial charge in [0.15, 0.2) is 11.6 Å². The molecule has 0 heterocycles. The molecule has 0 aromatic heterocycles. The van der Waals surface area contributed by atoms with Crippen molar-refractivity contribution >= 4 is 5.91 Å². The zero-order valence-electron chi connectivity index (χ0n) is 10.1. The molecule has 1 rings (SSSR count). The summed E-state index contributed by atoms with van der Waals surface area (Å²) in [6.45, 7) is 3.31. The van der Waals surface area contributed by atoms with Crippen molar-refractivity contribution < 1.29 is 13.6 Å². The summed E-state index contributed by atoms with van der Waals surface area (Å²) in [6, 6.07) is 2.61. The summed E-state index contributed by atoms with van der Waals surface area (Å²) in [6.07, 6.45) is 0. The highest BCUT2D eigenvalue weighted by Gasteiger charge is 2.20. The van der Waals surface area contributed by atoms with Crippen LogP contribution in [0.3, 0.4) is 0 Å². The van der Waals surface area contributed by atoms with Gasteiger partial charge in [0.25, 0.3) is 0 Å². The number of halogens is 2. The van der Waals surface area contributed by atoms with Crippen LogP contribution in [0.5, 0.6) is 0 Å². The number of benzene rings is 1. The van der Waals surface area contributed by atoms with E-state index in [9.17, 15) is 13.6 Å². The minimum atomic E-state index is -0.920. The first-order chi connectivity index (χ1) is 7.84. The average Bonchev–Trinajstić information content (AvgIpc) is 2.29. The van der Waals surface area contributed by atoms with E-state index >= 15 is 0 Å². The van der Waals surface area contributed by atoms with Crippen molar-refractivity contribution in [1.29, 1.82) is 0 Å². The Labute approximate surface area is 99.2 Å². The van der Waals surface area contributed by atoms with Crippen LogP contribution in [0, 0.1) is 11.6 Å². The molecule has 0 aliphatic carbocycles.